The summed E-state index contributed by atoms with van der Waals surface area (Å²) in [4.78, 5) is 0. The second-order valence-corrected chi connectivity index (χ2v) is 3.89. The van der Waals surface area contributed by atoms with E-state index in [2.05, 4.69) is 31.9 Å². The van der Waals surface area contributed by atoms with Crippen molar-refractivity contribution in [2.45, 2.75) is 0 Å². The van der Waals surface area contributed by atoms with Crippen LogP contribution in [0.5, 0.6) is 11.5 Å². The highest BCUT2D eigenvalue weighted by molar-refractivity contribution is 9.11. The highest BCUT2D eigenvalue weighted by Crippen LogP contribution is 2.37. The van der Waals surface area contributed by atoms with Crippen LogP contribution in [0.15, 0.2) is 21.1 Å². The maximum atomic E-state index is 5.13. The number of methoxy groups -OCH3 is 2. The fraction of sp³-hybridized carbons (Fsp3) is 0.250. The van der Waals surface area contributed by atoms with Crippen molar-refractivity contribution in [3.63, 3.8) is 0 Å². The number of hydrogen-bond donors (Lipinski definition) is 0. The lowest BCUT2D eigenvalue weighted by Gasteiger charge is -2.09. The summed E-state index contributed by atoms with van der Waals surface area (Å²) < 4.78 is 12.1. The molecule has 0 amide bonds. The third kappa shape index (κ3) is 1.93. The zero-order valence-corrected chi connectivity index (χ0v) is 9.90. The van der Waals surface area contributed by atoms with Gasteiger partial charge in [-0.2, -0.15) is 0 Å². The molecule has 0 saturated carbocycles. The molecule has 0 bridgehead atoms. The fourth-order valence-corrected chi connectivity index (χ4v) is 2.23. The Kier molecular flexibility index (Phi) is 3.40. The molecule has 0 fully saturated rings. The van der Waals surface area contributed by atoms with Crippen LogP contribution in [0.2, 0.25) is 0 Å². The van der Waals surface area contributed by atoms with E-state index in [1.807, 2.05) is 12.1 Å². The SMILES string of the molecule is COc1cc(Br)cc(Br)c1OC. The third-order valence-corrected chi connectivity index (χ3v) is 2.45. The van der Waals surface area contributed by atoms with Crippen LogP contribution in [0.3, 0.4) is 0 Å². The zero-order valence-electron chi connectivity index (χ0n) is 6.73. The van der Waals surface area contributed by atoms with Gasteiger partial charge in [-0.05, 0) is 28.1 Å². The van der Waals surface area contributed by atoms with E-state index in [1.165, 1.54) is 0 Å². The van der Waals surface area contributed by atoms with Crippen molar-refractivity contribution in [2.24, 2.45) is 0 Å². The van der Waals surface area contributed by atoms with Crippen LogP contribution in [0.25, 0.3) is 0 Å². The molecule has 0 radical (unpaired) electrons. The van der Waals surface area contributed by atoms with E-state index in [0.717, 1.165) is 8.95 Å². The van der Waals surface area contributed by atoms with Crippen molar-refractivity contribution in [3.05, 3.63) is 21.1 Å². The van der Waals surface area contributed by atoms with Gasteiger partial charge in [0.15, 0.2) is 11.5 Å². The molecule has 2 nitrogen and oxygen atoms in total. The summed E-state index contributed by atoms with van der Waals surface area (Å²) in [7, 11) is 3.22. The molecule has 0 aliphatic carbocycles. The largest absolute Gasteiger partial charge is 0.493 e. The predicted molar refractivity (Wildman–Crippen MR) is 54.9 cm³/mol. The van der Waals surface area contributed by atoms with Crippen molar-refractivity contribution in [1.82, 2.24) is 0 Å². The van der Waals surface area contributed by atoms with E-state index in [-0.39, 0.29) is 0 Å². The zero-order chi connectivity index (χ0) is 9.14. The standard InChI is InChI=1S/C8H8Br2O2/c1-11-7-4-5(9)3-6(10)8(7)12-2/h3-4H,1-2H3. The summed E-state index contributed by atoms with van der Waals surface area (Å²) in [5.41, 5.74) is 0. The van der Waals surface area contributed by atoms with Crippen molar-refractivity contribution in [3.8, 4) is 11.5 Å². The van der Waals surface area contributed by atoms with Gasteiger partial charge in [0.25, 0.3) is 0 Å². The smallest absolute Gasteiger partial charge is 0.174 e. The number of benzene rings is 1. The lowest BCUT2D eigenvalue weighted by atomic mass is 10.3. The lowest BCUT2D eigenvalue weighted by Crippen LogP contribution is -1.91. The van der Waals surface area contributed by atoms with Crippen LogP contribution in [0.4, 0.5) is 0 Å². The monoisotopic (exact) mass is 294 g/mol. The summed E-state index contributed by atoms with van der Waals surface area (Å²) >= 11 is 6.72. The maximum Gasteiger partial charge on any atom is 0.174 e. The normalized spacial score (nSPS) is 9.67. The number of rotatable bonds is 2. The van der Waals surface area contributed by atoms with E-state index in [9.17, 15) is 0 Å². The molecule has 4 heteroatoms. The summed E-state index contributed by atoms with van der Waals surface area (Å²) in [5.74, 6) is 1.42. The van der Waals surface area contributed by atoms with Crippen LogP contribution in [-0.4, -0.2) is 14.2 Å². The van der Waals surface area contributed by atoms with Gasteiger partial charge in [-0.3, -0.25) is 0 Å². The van der Waals surface area contributed by atoms with Crippen molar-refractivity contribution in [2.75, 3.05) is 14.2 Å². The Morgan fingerprint density at radius 1 is 1.08 bits per heavy atom. The first kappa shape index (κ1) is 9.86. The molecule has 0 heterocycles. The first-order valence-corrected chi connectivity index (χ1v) is 4.84. The molecule has 0 unspecified atom stereocenters. The van der Waals surface area contributed by atoms with Crippen LogP contribution in [0, 0.1) is 0 Å². The van der Waals surface area contributed by atoms with Gasteiger partial charge < -0.3 is 9.47 Å². The highest BCUT2D eigenvalue weighted by Gasteiger charge is 2.08. The maximum absolute atomic E-state index is 5.13. The fourth-order valence-electron chi connectivity index (χ4n) is 0.886. The summed E-state index contributed by atoms with van der Waals surface area (Å²) in [6.45, 7) is 0. The third-order valence-electron chi connectivity index (χ3n) is 1.40. The molecule has 0 aliphatic rings. The van der Waals surface area contributed by atoms with Crippen molar-refractivity contribution in [1.29, 1.82) is 0 Å². The predicted octanol–water partition coefficient (Wildman–Crippen LogP) is 3.23. The Morgan fingerprint density at radius 3 is 2.25 bits per heavy atom. The summed E-state index contributed by atoms with van der Waals surface area (Å²) in [6.07, 6.45) is 0. The molecule has 66 valence electrons. The Balaban J connectivity index is 3.24. The van der Waals surface area contributed by atoms with Gasteiger partial charge in [0.2, 0.25) is 0 Å². The average Bonchev–Trinajstić information content (AvgIpc) is 2.03. The molecule has 0 saturated heterocycles. The van der Waals surface area contributed by atoms with E-state index in [0.29, 0.717) is 11.5 Å². The van der Waals surface area contributed by atoms with E-state index < -0.39 is 0 Å². The molecule has 1 aromatic rings. The average molecular weight is 296 g/mol. The highest BCUT2D eigenvalue weighted by atomic mass is 79.9. The van der Waals surface area contributed by atoms with Gasteiger partial charge in [0.05, 0.1) is 18.7 Å². The molecule has 0 aromatic heterocycles. The first-order valence-electron chi connectivity index (χ1n) is 3.26. The molecule has 0 N–H and O–H groups in total. The molecule has 12 heavy (non-hydrogen) atoms. The minimum atomic E-state index is 0.707. The molecule has 1 aromatic carbocycles. The molecule has 0 aliphatic heterocycles. The molecule has 1 rings (SSSR count). The van der Waals surface area contributed by atoms with Crippen molar-refractivity contribution >= 4 is 31.9 Å². The van der Waals surface area contributed by atoms with Crippen LogP contribution in [-0.2, 0) is 0 Å². The number of ether oxygens (including phenoxy) is 2. The van der Waals surface area contributed by atoms with Gasteiger partial charge in [-0.25, -0.2) is 0 Å². The summed E-state index contributed by atoms with van der Waals surface area (Å²) in [6, 6.07) is 3.75. The lowest BCUT2D eigenvalue weighted by molar-refractivity contribution is 0.353. The Hall–Kier alpha value is -0.220. The van der Waals surface area contributed by atoms with Gasteiger partial charge in [-0.1, -0.05) is 15.9 Å². The van der Waals surface area contributed by atoms with Gasteiger partial charge in [-0.15, -0.1) is 0 Å². The van der Waals surface area contributed by atoms with Crippen LogP contribution in [0.1, 0.15) is 0 Å². The second kappa shape index (κ2) is 4.14. The molecular weight excluding hydrogens is 288 g/mol. The minimum Gasteiger partial charge on any atom is -0.493 e. The van der Waals surface area contributed by atoms with E-state index in [1.54, 1.807) is 14.2 Å². The molecular formula is C8H8Br2O2. The number of halogens is 2. The molecule has 0 atom stereocenters. The Morgan fingerprint density at radius 2 is 1.75 bits per heavy atom. The summed E-state index contributed by atoms with van der Waals surface area (Å²) in [5, 5.41) is 0. The first-order chi connectivity index (χ1) is 5.69. The number of hydrogen-bond acceptors (Lipinski definition) is 2. The quantitative estimate of drug-likeness (QED) is 0.834. The van der Waals surface area contributed by atoms with E-state index >= 15 is 0 Å². The Labute approximate surface area is 88.1 Å². The minimum absolute atomic E-state index is 0.707. The second-order valence-electron chi connectivity index (χ2n) is 2.12. The van der Waals surface area contributed by atoms with Crippen molar-refractivity contribution < 1.29 is 9.47 Å². The molecule has 0 spiro atoms. The van der Waals surface area contributed by atoms with Gasteiger partial charge in [0.1, 0.15) is 0 Å². The van der Waals surface area contributed by atoms with E-state index in [4.69, 9.17) is 9.47 Å². The van der Waals surface area contributed by atoms with Gasteiger partial charge >= 0.3 is 0 Å². The topological polar surface area (TPSA) is 18.5 Å². The van der Waals surface area contributed by atoms with Crippen LogP contribution >= 0.6 is 31.9 Å². The van der Waals surface area contributed by atoms with Gasteiger partial charge in [0, 0.05) is 4.47 Å². The Bertz CT molecular complexity index is 287. The van der Waals surface area contributed by atoms with Crippen LogP contribution < -0.4 is 9.47 Å².